The van der Waals surface area contributed by atoms with Gasteiger partial charge in [-0.15, -0.1) is 0 Å². The van der Waals surface area contributed by atoms with Crippen LogP contribution in [-0.2, 0) is 0 Å². The Morgan fingerprint density at radius 2 is 1.76 bits per heavy atom. The maximum absolute atomic E-state index is 6.46. The van der Waals surface area contributed by atoms with Crippen molar-refractivity contribution in [3.05, 3.63) is 53.7 Å². The molecule has 0 saturated carbocycles. The molecular weight excluding hydrogens is 517 g/mol. The lowest BCUT2D eigenvalue weighted by molar-refractivity contribution is 0.150. The number of piperidine rings is 1. The number of halogens is 1. The summed E-state index contributed by atoms with van der Waals surface area (Å²) in [7, 11) is 1.41. The lowest BCUT2D eigenvalue weighted by Crippen LogP contribution is -2.52. The molecular formula is C28H37ClN7OP. The van der Waals surface area contributed by atoms with E-state index >= 15 is 0 Å². The lowest BCUT2D eigenvalue weighted by atomic mass is 10.0. The molecule has 2 aliphatic rings. The molecule has 3 heterocycles. The summed E-state index contributed by atoms with van der Waals surface area (Å²) in [6.45, 7) is 11.1. The maximum Gasteiger partial charge on any atom is 0.229 e. The number of para-hydroxylation sites is 1. The summed E-state index contributed by atoms with van der Waals surface area (Å²) < 4.78 is 5.76. The fourth-order valence-corrected chi connectivity index (χ4v) is 6.38. The number of rotatable bonds is 8. The quantitative estimate of drug-likeness (QED) is 0.341. The third-order valence-corrected chi connectivity index (χ3v) is 8.94. The van der Waals surface area contributed by atoms with Crippen molar-refractivity contribution >= 4 is 53.7 Å². The van der Waals surface area contributed by atoms with Crippen molar-refractivity contribution in [2.24, 2.45) is 0 Å². The third-order valence-electron chi connectivity index (χ3n) is 7.31. The molecule has 8 nitrogen and oxygen atoms in total. The van der Waals surface area contributed by atoms with Gasteiger partial charge in [0.05, 0.1) is 19.0 Å². The third kappa shape index (κ3) is 6.32. The van der Waals surface area contributed by atoms with Gasteiger partial charge in [-0.1, -0.05) is 37.7 Å². The van der Waals surface area contributed by atoms with Gasteiger partial charge in [0.15, 0.2) is 5.82 Å². The molecule has 0 bridgehead atoms. The van der Waals surface area contributed by atoms with Gasteiger partial charge >= 0.3 is 0 Å². The molecule has 0 spiro atoms. The van der Waals surface area contributed by atoms with Crippen molar-refractivity contribution in [3.63, 3.8) is 0 Å². The number of anilines is 5. The van der Waals surface area contributed by atoms with Crippen LogP contribution in [-0.4, -0.2) is 80.6 Å². The smallest absolute Gasteiger partial charge is 0.229 e. The zero-order chi connectivity index (χ0) is 26.5. The molecule has 1 aromatic heterocycles. The Kier molecular flexibility index (Phi) is 8.85. The van der Waals surface area contributed by atoms with Crippen LogP contribution >= 0.6 is 19.5 Å². The average Bonchev–Trinajstić information content (AvgIpc) is 2.96. The minimum Gasteiger partial charge on any atom is -0.494 e. The average molecular weight is 554 g/mol. The summed E-state index contributed by atoms with van der Waals surface area (Å²) >= 11 is 6.46. The van der Waals surface area contributed by atoms with Crippen LogP contribution in [0.25, 0.3) is 0 Å². The molecule has 2 fully saturated rings. The van der Waals surface area contributed by atoms with Crippen LogP contribution in [0.5, 0.6) is 5.75 Å². The first-order valence-electron chi connectivity index (χ1n) is 13.2. The van der Waals surface area contributed by atoms with E-state index in [1.54, 1.807) is 13.3 Å². The molecule has 202 valence electrons. The van der Waals surface area contributed by atoms with Gasteiger partial charge in [-0.2, -0.15) is 4.98 Å². The van der Waals surface area contributed by atoms with Crippen molar-refractivity contribution in [1.82, 2.24) is 20.2 Å². The molecule has 5 rings (SSSR count). The van der Waals surface area contributed by atoms with Gasteiger partial charge in [0, 0.05) is 62.8 Å². The van der Waals surface area contributed by atoms with Crippen molar-refractivity contribution in [2.75, 3.05) is 75.2 Å². The van der Waals surface area contributed by atoms with E-state index < -0.39 is 0 Å². The molecule has 3 aromatic rings. The van der Waals surface area contributed by atoms with E-state index in [0.29, 0.717) is 22.8 Å². The Labute approximate surface area is 231 Å². The Bertz CT molecular complexity index is 1230. The van der Waals surface area contributed by atoms with Crippen LogP contribution in [0.2, 0.25) is 5.02 Å². The second kappa shape index (κ2) is 12.5. The standard InChI is InChI=1S/C28H37ClN7OP/c1-37-25-18-21(35-14-10-20(11-15-35)36-16-12-30-13-17-36)8-9-23(25)33-28-31-19-22(29)27(34-28)32-24-6-4-5-7-26(24)38(2)3/h4-9,18-20,30H,10-17H2,1-3H3,(H2,31,32,33,34). The zero-order valence-electron chi connectivity index (χ0n) is 22.4. The summed E-state index contributed by atoms with van der Waals surface area (Å²) in [6, 6.07) is 15.2. The Morgan fingerprint density at radius 1 is 1.00 bits per heavy atom. The summed E-state index contributed by atoms with van der Waals surface area (Å²) in [5.41, 5.74) is 3.00. The Hall–Kier alpha value is -2.64. The number of aromatic nitrogens is 2. The highest BCUT2D eigenvalue weighted by molar-refractivity contribution is 7.64. The molecule has 0 aliphatic carbocycles. The minimum absolute atomic E-state index is 0.281. The van der Waals surface area contributed by atoms with E-state index in [-0.39, 0.29) is 7.92 Å². The monoisotopic (exact) mass is 553 g/mol. The lowest BCUT2D eigenvalue weighted by Gasteiger charge is -2.41. The van der Waals surface area contributed by atoms with E-state index in [9.17, 15) is 0 Å². The fraction of sp³-hybridized carbons (Fsp3) is 0.429. The number of nitrogens with one attached hydrogen (secondary N) is 3. The first-order valence-corrected chi connectivity index (χ1v) is 15.8. The highest BCUT2D eigenvalue weighted by Crippen LogP contribution is 2.34. The van der Waals surface area contributed by atoms with Gasteiger partial charge < -0.3 is 25.6 Å². The van der Waals surface area contributed by atoms with Gasteiger partial charge in [0.1, 0.15) is 10.8 Å². The van der Waals surface area contributed by atoms with Crippen LogP contribution in [0.4, 0.5) is 28.8 Å². The van der Waals surface area contributed by atoms with E-state index in [2.05, 4.69) is 79.4 Å². The number of ether oxygens (including phenoxy) is 1. The zero-order valence-corrected chi connectivity index (χ0v) is 24.0. The summed E-state index contributed by atoms with van der Waals surface area (Å²) in [4.78, 5) is 14.2. The SMILES string of the molecule is COc1cc(N2CCC(N3CCNCC3)CC2)ccc1Nc1ncc(Cl)c(Nc2ccccc2P(C)C)n1. The second-order valence-corrected chi connectivity index (χ2v) is 12.6. The first kappa shape index (κ1) is 26.9. The number of benzene rings is 2. The van der Waals surface area contributed by atoms with Crippen molar-refractivity contribution < 1.29 is 4.74 Å². The van der Waals surface area contributed by atoms with Crippen LogP contribution in [0.15, 0.2) is 48.7 Å². The van der Waals surface area contributed by atoms with E-state index in [4.69, 9.17) is 16.3 Å². The van der Waals surface area contributed by atoms with E-state index in [0.717, 1.165) is 56.4 Å². The molecule has 3 N–H and O–H groups in total. The molecule has 0 atom stereocenters. The fourth-order valence-electron chi connectivity index (χ4n) is 5.25. The van der Waals surface area contributed by atoms with E-state index in [1.807, 2.05) is 12.1 Å². The Morgan fingerprint density at radius 3 is 2.50 bits per heavy atom. The molecule has 0 amide bonds. The van der Waals surface area contributed by atoms with Gasteiger partial charge in [-0.3, -0.25) is 4.90 Å². The number of hydrogen-bond donors (Lipinski definition) is 3. The van der Waals surface area contributed by atoms with Crippen LogP contribution in [0, 0.1) is 0 Å². The number of nitrogens with zero attached hydrogens (tertiary/aromatic N) is 4. The molecule has 0 unspecified atom stereocenters. The minimum atomic E-state index is -0.281. The highest BCUT2D eigenvalue weighted by Gasteiger charge is 2.26. The first-order chi connectivity index (χ1) is 18.5. The molecule has 2 aromatic carbocycles. The molecule has 38 heavy (non-hydrogen) atoms. The second-order valence-electron chi connectivity index (χ2n) is 9.94. The normalized spacial score (nSPS) is 17.0. The van der Waals surface area contributed by atoms with Crippen LogP contribution < -0.4 is 30.9 Å². The largest absolute Gasteiger partial charge is 0.494 e. The number of piperazine rings is 1. The van der Waals surface area contributed by atoms with Gasteiger partial charge in [-0.25, -0.2) is 4.98 Å². The van der Waals surface area contributed by atoms with Gasteiger partial charge in [-0.05, 0) is 49.7 Å². The van der Waals surface area contributed by atoms with Crippen LogP contribution in [0.3, 0.4) is 0 Å². The molecule has 0 radical (unpaired) electrons. The highest BCUT2D eigenvalue weighted by atomic mass is 35.5. The van der Waals surface area contributed by atoms with Crippen molar-refractivity contribution in [1.29, 1.82) is 0 Å². The molecule has 2 saturated heterocycles. The summed E-state index contributed by atoms with van der Waals surface area (Å²) in [5, 5.41) is 11.9. The summed E-state index contributed by atoms with van der Waals surface area (Å²) in [5.74, 6) is 1.77. The van der Waals surface area contributed by atoms with Crippen molar-refractivity contribution in [2.45, 2.75) is 18.9 Å². The molecule has 10 heteroatoms. The maximum atomic E-state index is 6.46. The Balaban J connectivity index is 1.27. The molecule has 2 aliphatic heterocycles. The van der Waals surface area contributed by atoms with Crippen LogP contribution in [0.1, 0.15) is 12.8 Å². The van der Waals surface area contributed by atoms with Crippen molar-refractivity contribution in [3.8, 4) is 5.75 Å². The van der Waals surface area contributed by atoms with Gasteiger partial charge in [0.25, 0.3) is 0 Å². The number of hydrogen-bond acceptors (Lipinski definition) is 8. The van der Waals surface area contributed by atoms with Gasteiger partial charge in [0.2, 0.25) is 5.95 Å². The topological polar surface area (TPSA) is 77.6 Å². The van der Waals surface area contributed by atoms with E-state index in [1.165, 1.54) is 23.8 Å². The predicted octanol–water partition coefficient (Wildman–Crippen LogP) is 4.87. The summed E-state index contributed by atoms with van der Waals surface area (Å²) in [6.07, 6.45) is 4.00. The predicted molar refractivity (Wildman–Crippen MR) is 161 cm³/mol. The number of methoxy groups -OCH3 is 1.